The van der Waals surface area contributed by atoms with Crippen molar-refractivity contribution in [1.29, 1.82) is 0 Å². The molecule has 1 atom stereocenters. The first-order valence-corrected chi connectivity index (χ1v) is 7.45. The lowest BCUT2D eigenvalue weighted by molar-refractivity contribution is -0.121. The monoisotopic (exact) mass is 319 g/mol. The molecule has 0 aliphatic rings. The number of hydrogen-bond acceptors (Lipinski definition) is 3. The van der Waals surface area contributed by atoms with Crippen LogP contribution in [-0.2, 0) is 17.8 Å². The molecule has 1 unspecified atom stereocenters. The molecular weight excluding hydrogens is 302 g/mol. The van der Waals surface area contributed by atoms with E-state index in [1.54, 1.807) is 17.1 Å². The average Bonchev–Trinajstić information content (AvgIpc) is 2.95. The maximum Gasteiger partial charge on any atom is 0.222 e. The van der Waals surface area contributed by atoms with Gasteiger partial charge in [-0.2, -0.15) is 0 Å². The Kier molecular flexibility index (Phi) is 5.72. The summed E-state index contributed by atoms with van der Waals surface area (Å²) in [4.78, 5) is 26.3. The minimum atomic E-state index is -0.0252. The molecule has 1 aromatic heterocycles. The maximum absolute atomic E-state index is 11.9. The maximum atomic E-state index is 11.9. The Bertz CT molecular complexity index is 637. The van der Waals surface area contributed by atoms with Gasteiger partial charge in [0.1, 0.15) is 5.69 Å². The molecule has 0 radical (unpaired) electrons. The number of carbonyl (C=O) groups excluding carboxylic acids is 2. The number of aryl methyl sites for hydroxylation is 1. The number of nitrogens with one attached hydrogen (secondary N) is 1. The zero-order valence-corrected chi connectivity index (χ0v) is 13.1. The number of amides is 1. The van der Waals surface area contributed by atoms with Crippen molar-refractivity contribution in [1.82, 2.24) is 14.9 Å². The van der Waals surface area contributed by atoms with Crippen LogP contribution < -0.4 is 5.32 Å². The number of imidazole rings is 1. The second-order valence-corrected chi connectivity index (χ2v) is 5.64. The highest BCUT2D eigenvalue weighted by atomic mass is 35.5. The van der Waals surface area contributed by atoms with E-state index in [9.17, 15) is 9.59 Å². The molecule has 1 heterocycles. The minimum Gasteiger partial charge on any atom is -0.353 e. The van der Waals surface area contributed by atoms with E-state index < -0.39 is 0 Å². The summed E-state index contributed by atoms with van der Waals surface area (Å²) < 4.78 is 1.73. The lowest BCUT2D eigenvalue weighted by Crippen LogP contribution is -2.34. The van der Waals surface area contributed by atoms with Gasteiger partial charge in [-0.15, -0.1) is 0 Å². The molecule has 0 fully saturated rings. The van der Waals surface area contributed by atoms with Crippen LogP contribution in [0.15, 0.2) is 36.8 Å². The number of aldehydes is 1. The largest absolute Gasteiger partial charge is 0.353 e. The van der Waals surface area contributed by atoms with Crippen LogP contribution in [0.1, 0.15) is 29.4 Å². The number of nitrogens with zero attached hydrogens (tertiary/aromatic N) is 2. The van der Waals surface area contributed by atoms with Gasteiger partial charge in [0.25, 0.3) is 0 Å². The lowest BCUT2D eigenvalue weighted by atomic mass is 10.1. The van der Waals surface area contributed by atoms with Crippen LogP contribution in [0, 0.1) is 0 Å². The molecule has 6 heteroatoms. The van der Waals surface area contributed by atoms with Crippen LogP contribution in [0.4, 0.5) is 0 Å². The highest BCUT2D eigenvalue weighted by Gasteiger charge is 2.08. The van der Waals surface area contributed by atoms with E-state index in [0.717, 1.165) is 12.0 Å². The van der Waals surface area contributed by atoms with Crippen molar-refractivity contribution in [3.63, 3.8) is 0 Å². The van der Waals surface area contributed by atoms with E-state index in [1.807, 2.05) is 31.2 Å². The normalized spacial score (nSPS) is 11.9. The van der Waals surface area contributed by atoms with Crippen molar-refractivity contribution < 1.29 is 9.59 Å². The van der Waals surface area contributed by atoms with Gasteiger partial charge in [-0.1, -0.05) is 23.7 Å². The third kappa shape index (κ3) is 5.00. The number of aromatic nitrogens is 2. The number of rotatable bonds is 7. The lowest BCUT2D eigenvalue weighted by Gasteiger charge is -2.14. The van der Waals surface area contributed by atoms with E-state index in [1.165, 1.54) is 0 Å². The summed E-state index contributed by atoms with van der Waals surface area (Å²) >= 11 is 5.85. The molecule has 1 N–H and O–H groups in total. The summed E-state index contributed by atoms with van der Waals surface area (Å²) in [5.41, 5.74) is 1.50. The Morgan fingerprint density at radius 1 is 1.41 bits per heavy atom. The Hall–Kier alpha value is -2.14. The molecular formula is C16H18ClN3O2. The third-order valence-corrected chi connectivity index (χ3v) is 3.49. The molecule has 0 bridgehead atoms. The molecule has 22 heavy (non-hydrogen) atoms. The van der Waals surface area contributed by atoms with Crippen molar-refractivity contribution in [2.24, 2.45) is 0 Å². The van der Waals surface area contributed by atoms with Gasteiger partial charge in [-0.05, 0) is 31.0 Å². The topological polar surface area (TPSA) is 64.0 Å². The molecule has 0 spiro atoms. The molecule has 5 nitrogen and oxygen atoms in total. The van der Waals surface area contributed by atoms with Crippen LogP contribution in [0.25, 0.3) is 0 Å². The summed E-state index contributed by atoms with van der Waals surface area (Å²) in [6.45, 7) is 2.47. The van der Waals surface area contributed by atoms with Gasteiger partial charge in [0.05, 0.1) is 6.33 Å². The predicted molar refractivity (Wildman–Crippen MR) is 85.0 cm³/mol. The number of hydrogen-bond donors (Lipinski definition) is 1. The van der Waals surface area contributed by atoms with E-state index in [2.05, 4.69) is 10.3 Å². The molecule has 116 valence electrons. The zero-order valence-electron chi connectivity index (χ0n) is 12.3. The Labute approximate surface area is 134 Å². The molecule has 0 aliphatic carbocycles. The van der Waals surface area contributed by atoms with E-state index >= 15 is 0 Å². The first-order valence-electron chi connectivity index (χ1n) is 7.07. The average molecular weight is 320 g/mol. The molecule has 1 amide bonds. The van der Waals surface area contributed by atoms with Crippen LogP contribution in [0.5, 0.6) is 0 Å². The first-order chi connectivity index (χ1) is 10.6. The van der Waals surface area contributed by atoms with Crippen LogP contribution in [-0.4, -0.2) is 27.8 Å². The van der Waals surface area contributed by atoms with E-state index in [4.69, 9.17) is 11.6 Å². The highest BCUT2D eigenvalue weighted by molar-refractivity contribution is 6.30. The fourth-order valence-corrected chi connectivity index (χ4v) is 2.29. The van der Waals surface area contributed by atoms with Crippen molar-refractivity contribution in [2.75, 3.05) is 0 Å². The minimum absolute atomic E-state index is 0.0252. The smallest absolute Gasteiger partial charge is 0.222 e. The SMILES string of the molecule is CC(Cc1ccc(Cl)cc1)NC(=O)CCn1cnc(C=O)c1. The zero-order chi connectivity index (χ0) is 15.9. The summed E-state index contributed by atoms with van der Waals surface area (Å²) in [5.74, 6) is -0.0252. The third-order valence-electron chi connectivity index (χ3n) is 3.23. The molecule has 0 saturated carbocycles. The highest BCUT2D eigenvalue weighted by Crippen LogP contribution is 2.11. The van der Waals surface area contributed by atoms with Crippen LogP contribution in [0.2, 0.25) is 5.02 Å². The van der Waals surface area contributed by atoms with Gasteiger partial charge in [-0.3, -0.25) is 9.59 Å². The number of carbonyl (C=O) groups is 2. The Balaban J connectivity index is 1.76. The summed E-state index contributed by atoms with van der Waals surface area (Å²) in [7, 11) is 0. The molecule has 2 rings (SSSR count). The van der Waals surface area contributed by atoms with Crippen LogP contribution in [0.3, 0.4) is 0 Å². The van der Waals surface area contributed by atoms with Crippen molar-refractivity contribution in [3.8, 4) is 0 Å². The van der Waals surface area contributed by atoms with Crippen LogP contribution >= 0.6 is 11.6 Å². The van der Waals surface area contributed by atoms with Gasteiger partial charge in [0, 0.05) is 30.2 Å². The predicted octanol–water partition coefficient (Wildman–Crippen LogP) is 2.49. The summed E-state index contributed by atoms with van der Waals surface area (Å²) in [5, 5.41) is 3.66. The molecule has 0 saturated heterocycles. The summed E-state index contributed by atoms with van der Waals surface area (Å²) in [6.07, 6.45) is 4.96. The standard InChI is InChI=1S/C16H18ClN3O2/c1-12(8-13-2-4-14(17)5-3-13)19-16(22)6-7-20-9-15(10-21)18-11-20/h2-5,9-12H,6-8H2,1H3,(H,19,22). The summed E-state index contributed by atoms with van der Waals surface area (Å²) in [6, 6.07) is 7.64. The van der Waals surface area contributed by atoms with Gasteiger partial charge < -0.3 is 9.88 Å². The van der Waals surface area contributed by atoms with Gasteiger partial charge >= 0.3 is 0 Å². The fourth-order valence-electron chi connectivity index (χ4n) is 2.16. The number of benzene rings is 1. The second-order valence-electron chi connectivity index (χ2n) is 5.20. The molecule has 0 aliphatic heterocycles. The fraction of sp³-hybridized carbons (Fsp3) is 0.312. The Morgan fingerprint density at radius 3 is 2.77 bits per heavy atom. The number of halogens is 1. The molecule has 2 aromatic rings. The first kappa shape index (κ1) is 16.2. The Morgan fingerprint density at radius 2 is 2.14 bits per heavy atom. The van der Waals surface area contributed by atoms with Crippen molar-refractivity contribution in [2.45, 2.75) is 32.4 Å². The van der Waals surface area contributed by atoms with Crippen molar-refractivity contribution in [3.05, 3.63) is 53.1 Å². The second kappa shape index (κ2) is 7.75. The van der Waals surface area contributed by atoms with Crippen molar-refractivity contribution >= 4 is 23.8 Å². The van der Waals surface area contributed by atoms with E-state index in [0.29, 0.717) is 30.0 Å². The van der Waals surface area contributed by atoms with Gasteiger partial charge in [0.15, 0.2) is 6.29 Å². The quantitative estimate of drug-likeness (QED) is 0.797. The van der Waals surface area contributed by atoms with Gasteiger partial charge in [-0.25, -0.2) is 4.98 Å². The van der Waals surface area contributed by atoms with Gasteiger partial charge in [0.2, 0.25) is 5.91 Å². The molecule has 1 aromatic carbocycles. The van der Waals surface area contributed by atoms with E-state index in [-0.39, 0.29) is 11.9 Å².